The highest BCUT2D eigenvalue weighted by molar-refractivity contribution is 5.85. The van der Waals surface area contributed by atoms with Gasteiger partial charge < -0.3 is 9.84 Å². The zero-order valence-corrected chi connectivity index (χ0v) is 11.5. The molecule has 100 valence electrons. The molecule has 18 heavy (non-hydrogen) atoms. The molecule has 0 aromatic rings. The van der Waals surface area contributed by atoms with E-state index in [1.54, 1.807) is 0 Å². The number of rotatable bonds is 1. The molecule has 1 N–H and O–H groups in total. The number of allylic oxidation sites excluding steroid dienone is 4. The molecule has 0 aromatic heterocycles. The number of carboxylic acid groups (broad SMARTS) is 1. The summed E-state index contributed by atoms with van der Waals surface area (Å²) < 4.78 is 5.42. The van der Waals surface area contributed by atoms with Crippen LogP contribution in [-0.4, -0.2) is 17.7 Å². The van der Waals surface area contributed by atoms with Crippen LogP contribution in [0.2, 0.25) is 0 Å². The lowest BCUT2D eigenvalue weighted by Gasteiger charge is -2.12. The lowest BCUT2D eigenvalue weighted by atomic mass is 10.1. The van der Waals surface area contributed by atoms with Crippen molar-refractivity contribution < 1.29 is 14.6 Å². The van der Waals surface area contributed by atoms with E-state index in [-0.39, 0.29) is 5.76 Å². The standard InChI is InChI=1S/C15H22O3/c1-11-6-4-8-12(2)10-18-14(15(16)17)13(3)9-5-7-11/h7-8H,4-6,9-10H2,1-3H3,(H,16,17)/b11-7-,12-8-,14-13-. The number of hydrogen-bond acceptors (Lipinski definition) is 2. The first-order chi connectivity index (χ1) is 8.50. The largest absolute Gasteiger partial charge is 0.482 e. The molecule has 0 fully saturated rings. The minimum absolute atomic E-state index is 0.106. The molecule has 0 aliphatic carbocycles. The van der Waals surface area contributed by atoms with E-state index in [1.165, 1.54) is 5.57 Å². The van der Waals surface area contributed by atoms with Gasteiger partial charge in [-0.25, -0.2) is 4.79 Å². The Balaban J connectivity index is 2.91. The first kappa shape index (κ1) is 14.6. The Bertz CT molecular complexity index is 400. The molecule has 1 heterocycles. The summed E-state index contributed by atoms with van der Waals surface area (Å²) in [5.41, 5.74) is 3.25. The average molecular weight is 250 g/mol. The van der Waals surface area contributed by atoms with Crippen molar-refractivity contribution in [1.29, 1.82) is 0 Å². The highest BCUT2D eigenvalue weighted by Crippen LogP contribution is 2.17. The maximum Gasteiger partial charge on any atom is 0.371 e. The van der Waals surface area contributed by atoms with E-state index in [9.17, 15) is 4.79 Å². The van der Waals surface area contributed by atoms with Gasteiger partial charge in [-0.1, -0.05) is 17.7 Å². The van der Waals surface area contributed by atoms with Gasteiger partial charge in [0.05, 0.1) is 0 Å². The summed E-state index contributed by atoms with van der Waals surface area (Å²) in [5, 5.41) is 9.13. The van der Waals surface area contributed by atoms with Crippen LogP contribution in [0.3, 0.4) is 0 Å². The van der Waals surface area contributed by atoms with Gasteiger partial charge in [0, 0.05) is 0 Å². The van der Waals surface area contributed by atoms with Crippen LogP contribution >= 0.6 is 0 Å². The van der Waals surface area contributed by atoms with Gasteiger partial charge in [-0.05, 0) is 57.6 Å². The first-order valence-electron chi connectivity index (χ1n) is 6.38. The topological polar surface area (TPSA) is 46.5 Å². The van der Waals surface area contributed by atoms with Gasteiger partial charge in [-0.2, -0.15) is 0 Å². The zero-order valence-electron chi connectivity index (χ0n) is 11.5. The predicted molar refractivity (Wildman–Crippen MR) is 72.3 cm³/mol. The van der Waals surface area contributed by atoms with E-state index in [4.69, 9.17) is 9.84 Å². The Morgan fingerprint density at radius 2 is 1.72 bits per heavy atom. The van der Waals surface area contributed by atoms with Crippen molar-refractivity contribution in [3.05, 3.63) is 34.6 Å². The Kier molecular flexibility index (Phi) is 5.69. The lowest BCUT2D eigenvalue weighted by Crippen LogP contribution is -2.09. The number of aliphatic carboxylic acids is 1. The fourth-order valence-electron chi connectivity index (χ4n) is 1.91. The third-order valence-corrected chi connectivity index (χ3v) is 3.07. The SMILES string of the molecule is C/C1=C/CC/C(C)=C(/C(=O)O)OC/C(C)=C\CC1. The van der Waals surface area contributed by atoms with E-state index in [0.29, 0.717) is 6.61 Å². The maximum atomic E-state index is 11.1. The van der Waals surface area contributed by atoms with Crippen molar-refractivity contribution in [3.63, 3.8) is 0 Å². The fourth-order valence-corrected chi connectivity index (χ4v) is 1.91. The van der Waals surface area contributed by atoms with Gasteiger partial charge in [0.25, 0.3) is 0 Å². The van der Waals surface area contributed by atoms with Crippen LogP contribution < -0.4 is 0 Å². The highest BCUT2D eigenvalue weighted by Gasteiger charge is 2.13. The second kappa shape index (κ2) is 7.04. The Labute approximate surface area is 109 Å². The van der Waals surface area contributed by atoms with Crippen LogP contribution in [-0.2, 0) is 9.53 Å². The van der Waals surface area contributed by atoms with Gasteiger partial charge in [-0.3, -0.25) is 0 Å². The number of carboxylic acids is 1. The number of hydrogen-bond donors (Lipinski definition) is 1. The summed E-state index contributed by atoms with van der Waals surface area (Å²) in [7, 11) is 0. The molecular formula is C15H22O3. The van der Waals surface area contributed by atoms with E-state index >= 15 is 0 Å². The molecule has 0 saturated heterocycles. The van der Waals surface area contributed by atoms with Crippen LogP contribution in [0.15, 0.2) is 34.6 Å². The summed E-state index contributed by atoms with van der Waals surface area (Å²) in [6, 6.07) is 0. The number of ether oxygens (including phenoxy) is 1. The molecule has 1 aliphatic rings. The maximum absolute atomic E-state index is 11.1. The Morgan fingerprint density at radius 1 is 1.11 bits per heavy atom. The molecule has 0 radical (unpaired) electrons. The summed E-state index contributed by atoms with van der Waals surface area (Å²) >= 11 is 0. The minimum Gasteiger partial charge on any atom is -0.482 e. The van der Waals surface area contributed by atoms with Crippen LogP contribution in [0.5, 0.6) is 0 Å². The van der Waals surface area contributed by atoms with Gasteiger partial charge in [0.1, 0.15) is 6.61 Å². The fraction of sp³-hybridized carbons (Fsp3) is 0.533. The van der Waals surface area contributed by atoms with Crippen molar-refractivity contribution >= 4 is 5.97 Å². The average Bonchev–Trinajstić information content (AvgIpc) is 2.27. The smallest absolute Gasteiger partial charge is 0.371 e. The van der Waals surface area contributed by atoms with E-state index in [1.807, 2.05) is 13.8 Å². The van der Waals surface area contributed by atoms with E-state index in [2.05, 4.69) is 19.1 Å². The third kappa shape index (κ3) is 4.78. The molecule has 0 saturated carbocycles. The highest BCUT2D eigenvalue weighted by atomic mass is 16.5. The van der Waals surface area contributed by atoms with Crippen molar-refractivity contribution in [3.8, 4) is 0 Å². The zero-order chi connectivity index (χ0) is 13.5. The van der Waals surface area contributed by atoms with Gasteiger partial charge in [0.2, 0.25) is 5.76 Å². The molecule has 0 bridgehead atoms. The van der Waals surface area contributed by atoms with Gasteiger partial charge >= 0.3 is 5.97 Å². The second-order valence-electron chi connectivity index (χ2n) is 4.88. The quantitative estimate of drug-likeness (QED) is 0.719. The first-order valence-corrected chi connectivity index (χ1v) is 6.38. The molecule has 3 nitrogen and oxygen atoms in total. The van der Waals surface area contributed by atoms with Crippen LogP contribution in [0.4, 0.5) is 0 Å². The normalized spacial score (nSPS) is 28.8. The molecule has 1 aliphatic heterocycles. The van der Waals surface area contributed by atoms with E-state index in [0.717, 1.165) is 36.8 Å². The van der Waals surface area contributed by atoms with Gasteiger partial charge in [-0.15, -0.1) is 0 Å². The molecule has 0 spiro atoms. The third-order valence-electron chi connectivity index (χ3n) is 3.07. The molecule has 0 unspecified atom stereocenters. The van der Waals surface area contributed by atoms with Crippen molar-refractivity contribution in [2.75, 3.05) is 6.61 Å². The Hall–Kier alpha value is -1.51. The molecule has 3 heteroatoms. The van der Waals surface area contributed by atoms with Crippen LogP contribution in [0, 0.1) is 0 Å². The van der Waals surface area contributed by atoms with Crippen molar-refractivity contribution in [2.45, 2.75) is 46.5 Å². The molecule has 1 rings (SSSR count). The Morgan fingerprint density at radius 3 is 2.39 bits per heavy atom. The summed E-state index contributed by atoms with van der Waals surface area (Å²) in [4.78, 5) is 11.1. The summed E-state index contributed by atoms with van der Waals surface area (Å²) in [5.74, 6) is -0.868. The number of carbonyl (C=O) groups is 1. The van der Waals surface area contributed by atoms with E-state index < -0.39 is 5.97 Å². The lowest BCUT2D eigenvalue weighted by molar-refractivity contribution is -0.136. The summed E-state index contributed by atoms with van der Waals surface area (Å²) in [6.45, 7) is 6.29. The molecule has 0 amide bonds. The monoisotopic (exact) mass is 250 g/mol. The van der Waals surface area contributed by atoms with Crippen LogP contribution in [0.25, 0.3) is 0 Å². The minimum atomic E-state index is -0.974. The van der Waals surface area contributed by atoms with Crippen LogP contribution in [0.1, 0.15) is 46.5 Å². The van der Waals surface area contributed by atoms with Crippen molar-refractivity contribution in [2.24, 2.45) is 0 Å². The second-order valence-corrected chi connectivity index (χ2v) is 4.88. The molecule has 0 atom stereocenters. The molecule has 0 aromatic carbocycles. The molecular weight excluding hydrogens is 228 g/mol. The van der Waals surface area contributed by atoms with Crippen molar-refractivity contribution in [1.82, 2.24) is 0 Å². The predicted octanol–water partition coefficient (Wildman–Crippen LogP) is 3.83. The summed E-state index contributed by atoms with van der Waals surface area (Å²) in [6.07, 6.45) is 7.97. The van der Waals surface area contributed by atoms with Gasteiger partial charge in [0.15, 0.2) is 0 Å².